The molecule has 0 aliphatic heterocycles. The number of benzene rings is 1. The predicted molar refractivity (Wildman–Crippen MR) is 93.2 cm³/mol. The molecule has 2 rings (SSSR count). The van der Waals surface area contributed by atoms with E-state index in [1.807, 2.05) is 17.5 Å². The van der Waals surface area contributed by atoms with Crippen molar-refractivity contribution in [1.82, 2.24) is 0 Å². The molecule has 0 atom stereocenters. The van der Waals surface area contributed by atoms with Crippen LogP contribution in [0.25, 0.3) is 0 Å². The van der Waals surface area contributed by atoms with Crippen molar-refractivity contribution in [3.8, 4) is 5.75 Å². The summed E-state index contributed by atoms with van der Waals surface area (Å²) in [4.78, 5) is 22.0. The van der Waals surface area contributed by atoms with Crippen LogP contribution in [0.15, 0.2) is 35.7 Å². The van der Waals surface area contributed by atoms with Gasteiger partial charge in [0.05, 0.1) is 6.42 Å². The minimum Gasteiger partial charge on any atom is -0.481 e. The Morgan fingerprint density at radius 2 is 1.88 bits per heavy atom. The summed E-state index contributed by atoms with van der Waals surface area (Å²) in [6.07, 6.45) is 0.896. The monoisotopic (exact) mass is 431 g/mol. The number of hydrogen-bond donors (Lipinski definition) is 5. The van der Waals surface area contributed by atoms with Crippen LogP contribution in [0.5, 0.6) is 5.75 Å². The maximum atomic E-state index is 11.1. The van der Waals surface area contributed by atoms with Crippen LogP contribution in [0, 0.1) is 0 Å². The van der Waals surface area contributed by atoms with Crippen molar-refractivity contribution in [1.29, 1.82) is 0 Å². The molecule has 1 aromatic heterocycles. The van der Waals surface area contributed by atoms with Crippen molar-refractivity contribution >= 4 is 47.4 Å². The predicted octanol–water partition coefficient (Wildman–Crippen LogP) is 0.677. The van der Waals surface area contributed by atoms with Gasteiger partial charge in [0.25, 0.3) is 0 Å². The zero-order valence-corrected chi connectivity index (χ0v) is 15.9. The minimum atomic E-state index is -5.14. The molecule has 5 N–H and O–H groups in total. The molecule has 0 bridgehead atoms. The van der Waals surface area contributed by atoms with Crippen molar-refractivity contribution in [2.75, 3.05) is 5.32 Å². The van der Waals surface area contributed by atoms with E-state index >= 15 is 0 Å². The quantitative estimate of drug-likeness (QED) is 0.346. The molecule has 1 heterocycles. The smallest absolute Gasteiger partial charge is 0.303 e. The molecule has 1 amide bonds. The molecule has 0 saturated heterocycles. The Balaban J connectivity index is 0.000000271. The average Bonchev–Trinajstić information content (AvgIpc) is 2.99. The summed E-state index contributed by atoms with van der Waals surface area (Å²) in [6.45, 7) is 1.18. The van der Waals surface area contributed by atoms with Crippen LogP contribution >= 0.6 is 11.3 Å². The molecule has 136 valence electrons. The van der Waals surface area contributed by atoms with Crippen molar-refractivity contribution in [3.63, 3.8) is 0 Å². The van der Waals surface area contributed by atoms with E-state index in [0.717, 1.165) is 4.88 Å². The van der Waals surface area contributed by atoms with Crippen LogP contribution in [0.3, 0.4) is 0 Å². The molecule has 0 radical (unpaired) electrons. The number of thiophene rings is 1. The van der Waals surface area contributed by atoms with E-state index in [0.29, 0.717) is 6.42 Å². The Morgan fingerprint density at radius 1 is 1.20 bits per heavy atom. The first-order chi connectivity index (χ1) is 11.6. The number of carboxylic acid groups (broad SMARTS) is 1. The largest absolute Gasteiger partial charge is 0.481 e. The van der Waals surface area contributed by atoms with E-state index in [-0.39, 0.29) is 22.2 Å². The number of phenols is 1. The van der Waals surface area contributed by atoms with Crippen molar-refractivity contribution in [3.05, 3.63) is 40.6 Å². The summed E-state index contributed by atoms with van der Waals surface area (Å²) in [6, 6.07) is 7.59. The number of aliphatic carboxylic acids is 1. The number of carbonyl (C=O) groups excluding carboxylic acids is 1. The van der Waals surface area contributed by atoms with Crippen molar-refractivity contribution in [2.24, 2.45) is 0 Å². The third-order valence-corrected chi connectivity index (χ3v) is 5.84. The van der Waals surface area contributed by atoms with Crippen LogP contribution in [-0.4, -0.2) is 44.5 Å². The number of nitrogens with one attached hydrogen (secondary N) is 1. The first-order valence-corrected chi connectivity index (χ1v) is 11.3. The molecule has 0 unspecified atom stereocenters. The maximum Gasteiger partial charge on any atom is 0.303 e. The molecule has 1 aromatic carbocycles. The van der Waals surface area contributed by atoms with Gasteiger partial charge in [0.2, 0.25) is 0 Å². The zero-order chi connectivity index (χ0) is 19.0. The molecule has 10 heteroatoms. The maximum absolute atomic E-state index is 11.1. The number of phenolic OH excluding ortho intramolecular Hbond substituents is 1. The van der Waals surface area contributed by atoms with Crippen molar-refractivity contribution < 1.29 is 31.7 Å². The molecule has 0 spiro atoms. The van der Waals surface area contributed by atoms with E-state index in [1.165, 1.54) is 25.1 Å². The summed E-state index contributed by atoms with van der Waals surface area (Å²) in [5.74, 6) is -1.61. The number of anilines is 1. The van der Waals surface area contributed by atoms with Gasteiger partial charge in [0.15, 0.2) is 0 Å². The number of aromatic hydroxyl groups is 1. The normalized spacial score (nSPS) is 10.5. The SMILES string of the molecule is CC(=O)Nc1c(O)cccc1[As](=O)(O)O.O=C(O)CCc1cccs1. The van der Waals surface area contributed by atoms with Crippen LogP contribution in [0.1, 0.15) is 18.2 Å². The minimum absolute atomic E-state index is 0.225. The molecule has 0 aliphatic carbocycles. The molecule has 25 heavy (non-hydrogen) atoms. The summed E-state index contributed by atoms with van der Waals surface area (Å²) in [5, 5.41) is 21.8. The second-order valence-electron chi connectivity index (χ2n) is 4.87. The standard InChI is InChI=1S/C8H10AsNO5.C7H8O2S/c1-5(11)10-8-6(9(13,14)15)3-2-4-7(8)12;8-7(9)4-3-6-2-1-5-10-6/h2-4,12H,1H3,(H,10,11)(H2,13,14,15);1-2,5H,3-4H2,(H,8,9). The topological polar surface area (TPSA) is 144 Å². The number of aryl methyl sites for hydroxylation is 1. The molecule has 8 nitrogen and oxygen atoms in total. The van der Waals surface area contributed by atoms with E-state index < -0.39 is 26.0 Å². The number of rotatable bonds is 5. The molecule has 0 aliphatic rings. The third-order valence-electron chi connectivity index (χ3n) is 2.80. The van der Waals surface area contributed by atoms with Gasteiger partial charge in [-0.1, -0.05) is 6.07 Å². The summed E-state index contributed by atoms with van der Waals surface area (Å²) in [5.41, 5.74) is -0.225. The molecule has 0 saturated carbocycles. The molecule has 2 aromatic rings. The van der Waals surface area contributed by atoms with Gasteiger partial charge in [0, 0.05) is 4.88 Å². The van der Waals surface area contributed by atoms with E-state index in [1.54, 1.807) is 11.3 Å². The van der Waals surface area contributed by atoms with Crippen LogP contribution < -0.4 is 9.67 Å². The Labute approximate surface area is 150 Å². The molecular formula is C15H18AsNO7S. The van der Waals surface area contributed by atoms with Crippen LogP contribution in [0.4, 0.5) is 5.69 Å². The van der Waals surface area contributed by atoms with E-state index in [2.05, 4.69) is 5.32 Å². The van der Waals surface area contributed by atoms with Gasteiger partial charge in [-0.2, -0.15) is 0 Å². The van der Waals surface area contributed by atoms with Gasteiger partial charge in [-0.15, -0.1) is 11.3 Å². The van der Waals surface area contributed by atoms with Crippen molar-refractivity contribution in [2.45, 2.75) is 19.8 Å². The number of carbonyl (C=O) groups is 2. The first-order valence-electron chi connectivity index (χ1n) is 7.01. The fourth-order valence-electron chi connectivity index (χ4n) is 1.76. The second kappa shape index (κ2) is 9.43. The number of carboxylic acids is 1. The van der Waals surface area contributed by atoms with Crippen LogP contribution in [-0.2, 0) is 19.7 Å². The Kier molecular flexibility index (Phi) is 7.91. The number of hydrogen-bond acceptors (Lipinski definition) is 5. The van der Waals surface area contributed by atoms with Gasteiger partial charge in [-0.05, 0) is 17.9 Å². The summed E-state index contributed by atoms with van der Waals surface area (Å²) >= 11 is -3.54. The zero-order valence-electron chi connectivity index (χ0n) is 13.2. The fraction of sp³-hybridized carbons (Fsp3) is 0.200. The summed E-state index contributed by atoms with van der Waals surface area (Å²) < 4.78 is 28.8. The average molecular weight is 431 g/mol. The van der Waals surface area contributed by atoms with Gasteiger partial charge in [-0.25, -0.2) is 0 Å². The van der Waals surface area contributed by atoms with Gasteiger partial charge < -0.3 is 5.11 Å². The number of amides is 1. The van der Waals surface area contributed by atoms with Crippen LogP contribution in [0.2, 0.25) is 0 Å². The molecular weight excluding hydrogens is 413 g/mol. The third kappa shape index (κ3) is 7.57. The number of para-hydroxylation sites is 1. The fourth-order valence-corrected chi connectivity index (χ4v) is 4.03. The Morgan fingerprint density at radius 3 is 2.36 bits per heavy atom. The van der Waals surface area contributed by atoms with E-state index in [4.69, 9.17) is 13.3 Å². The second-order valence-corrected chi connectivity index (χ2v) is 9.20. The van der Waals surface area contributed by atoms with Gasteiger partial charge in [-0.3, -0.25) is 4.79 Å². The van der Waals surface area contributed by atoms with Gasteiger partial charge >= 0.3 is 94.1 Å². The van der Waals surface area contributed by atoms with E-state index in [9.17, 15) is 18.4 Å². The summed E-state index contributed by atoms with van der Waals surface area (Å²) in [7, 11) is 0. The molecule has 0 fully saturated rings. The Bertz CT molecular complexity index is 770. The first kappa shape index (κ1) is 21.0. The Hall–Kier alpha value is -2.06. The van der Waals surface area contributed by atoms with Gasteiger partial charge in [0.1, 0.15) is 0 Å².